The number of hydrogen-bond donors (Lipinski definition) is 1. The lowest BCUT2D eigenvalue weighted by Gasteiger charge is -2.08. The number of rotatable bonds is 3. The smallest absolute Gasteiger partial charge is 0.142 e. The van der Waals surface area contributed by atoms with E-state index in [0.29, 0.717) is 17.5 Å². The molecule has 2 rings (SSSR count). The van der Waals surface area contributed by atoms with Gasteiger partial charge in [-0.15, -0.1) is 0 Å². The van der Waals surface area contributed by atoms with Crippen LogP contribution in [0.15, 0.2) is 41.2 Å². The number of aliphatic hydroxyl groups excluding tert-OH is 1. The van der Waals surface area contributed by atoms with E-state index in [0.717, 1.165) is 0 Å². The van der Waals surface area contributed by atoms with E-state index in [4.69, 9.17) is 16.0 Å². The highest BCUT2D eigenvalue weighted by atomic mass is 35.5. The molecule has 0 fully saturated rings. The van der Waals surface area contributed by atoms with Gasteiger partial charge in [-0.05, 0) is 23.8 Å². The summed E-state index contributed by atoms with van der Waals surface area (Å²) in [4.78, 5) is 0. The Morgan fingerprint density at radius 1 is 1.38 bits per heavy atom. The topological polar surface area (TPSA) is 33.4 Å². The monoisotopic (exact) mass is 240 g/mol. The molecule has 1 N–H and O–H groups in total. The molecule has 0 saturated heterocycles. The van der Waals surface area contributed by atoms with Crippen molar-refractivity contribution in [3.63, 3.8) is 0 Å². The van der Waals surface area contributed by atoms with Gasteiger partial charge < -0.3 is 9.52 Å². The van der Waals surface area contributed by atoms with Gasteiger partial charge in [0.25, 0.3) is 0 Å². The van der Waals surface area contributed by atoms with E-state index in [1.54, 1.807) is 12.1 Å². The fourth-order valence-corrected chi connectivity index (χ4v) is 1.59. The van der Waals surface area contributed by atoms with Crippen LogP contribution in [0.25, 0.3) is 0 Å². The van der Waals surface area contributed by atoms with Gasteiger partial charge in [0.2, 0.25) is 0 Å². The molecule has 16 heavy (non-hydrogen) atoms. The van der Waals surface area contributed by atoms with Crippen molar-refractivity contribution >= 4 is 11.6 Å². The summed E-state index contributed by atoms with van der Waals surface area (Å²) in [5, 5.41) is 9.89. The molecule has 1 unspecified atom stereocenters. The molecule has 1 atom stereocenters. The van der Waals surface area contributed by atoms with Crippen LogP contribution in [0.2, 0.25) is 5.02 Å². The lowest BCUT2D eigenvalue weighted by atomic mass is 10.0. The van der Waals surface area contributed by atoms with Gasteiger partial charge in [0.1, 0.15) is 5.82 Å². The van der Waals surface area contributed by atoms with Crippen molar-refractivity contribution in [2.75, 3.05) is 0 Å². The lowest BCUT2D eigenvalue weighted by Crippen LogP contribution is -2.00. The van der Waals surface area contributed by atoms with Crippen LogP contribution in [-0.2, 0) is 6.42 Å². The maximum Gasteiger partial charge on any atom is 0.142 e. The Hall–Kier alpha value is -1.32. The summed E-state index contributed by atoms with van der Waals surface area (Å²) in [5.41, 5.74) is 1.37. The van der Waals surface area contributed by atoms with Gasteiger partial charge in [0, 0.05) is 12.0 Å². The predicted molar refractivity (Wildman–Crippen MR) is 58.8 cm³/mol. The molecule has 1 aromatic carbocycles. The second kappa shape index (κ2) is 4.68. The van der Waals surface area contributed by atoms with Crippen molar-refractivity contribution in [2.45, 2.75) is 12.5 Å². The molecule has 0 aliphatic rings. The van der Waals surface area contributed by atoms with E-state index >= 15 is 0 Å². The summed E-state index contributed by atoms with van der Waals surface area (Å²) in [6.45, 7) is 0. The normalized spacial score (nSPS) is 12.7. The first-order valence-electron chi connectivity index (χ1n) is 4.81. The minimum absolute atomic E-state index is 0.0848. The summed E-state index contributed by atoms with van der Waals surface area (Å²) in [6.07, 6.45) is 2.59. The van der Waals surface area contributed by atoms with Gasteiger partial charge in [-0.2, -0.15) is 0 Å². The molecule has 0 spiro atoms. The first-order valence-corrected chi connectivity index (χ1v) is 5.18. The molecule has 0 aliphatic heterocycles. The zero-order valence-corrected chi connectivity index (χ0v) is 9.12. The van der Waals surface area contributed by atoms with Crippen LogP contribution in [0.4, 0.5) is 4.39 Å². The summed E-state index contributed by atoms with van der Waals surface area (Å²) >= 11 is 5.56. The van der Waals surface area contributed by atoms with E-state index in [1.165, 1.54) is 24.7 Å². The SMILES string of the molecule is OC(Cc1ccc(Cl)c(F)c1)c1ccoc1. The third kappa shape index (κ3) is 2.43. The Balaban J connectivity index is 2.12. The maximum atomic E-state index is 13.1. The van der Waals surface area contributed by atoms with Crippen molar-refractivity contribution in [3.8, 4) is 0 Å². The van der Waals surface area contributed by atoms with Gasteiger partial charge >= 0.3 is 0 Å². The number of benzene rings is 1. The molecule has 0 amide bonds. The third-order valence-corrected chi connectivity index (χ3v) is 2.65. The number of halogens is 2. The van der Waals surface area contributed by atoms with Crippen molar-refractivity contribution in [1.29, 1.82) is 0 Å². The van der Waals surface area contributed by atoms with Gasteiger partial charge in [0.05, 0.1) is 23.7 Å². The molecule has 1 aromatic heterocycles. The number of furan rings is 1. The first-order chi connectivity index (χ1) is 7.66. The van der Waals surface area contributed by atoms with Crippen LogP contribution in [-0.4, -0.2) is 5.11 Å². The standard InChI is InChI=1S/C12H10ClFO2/c13-10-2-1-8(5-11(10)14)6-12(15)9-3-4-16-7-9/h1-5,7,12,15H,6H2. The molecule has 84 valence electrons. The number of aliphatic hydroxyl groups is 1. The molecule has 0 radical (unpaired) electrons. The van der Waals surface area contributed by atoms with Crippen LogP contribution in [0.5, 0.6) is 0 Å². The van der Waals surface area contributed by atoms with E-state index in [1.807, 2.05) is 0 Å². The van der Waals surface area contributed by atoms with E-state index in [-0.39, 0.29) is 5.02 Å². The summed E-state index contributed by atoms with van der Waals surface area (Å²) in [5.74, 6) is -0.474. The van der Waals surface area contributed by atoms with Crippen LogP contribution in [0.1, 0.15) is 17.2 Å². The van der Waals surface area contributed by atoms with Crippen LogP contribution in [0.3, 0.4) is 0 Å². The zero-order valence-electron chi connectivity index (χ0n) is 8.36. The average molecular weight is 241 g/mol. The maximum absolute atomic E-state index is 13.1. The van der Waals surface area contributed by atoms with E-state index in [9.17, 15) is 9.50 Å². The van der Waals surface area contributed by atoms with Crippen LogP contribution >= 0.6 is 11.6 Å². The highest BCUT2D eigenvalue weighted by Gasteiger charge is 2.10. The molecule has 2 nitrogen and oxygen atoms in total. The third-order valence-electron chi connectivity index (χ3n) is 2.34. The summed E-state index contributed by atoms with van der Waals surface area (Å²) in [6, 6.07) is 6.17. The van der Waals surface area contributed by atoms with Gasteiger partial charge in [0.15, 0.2) is 0 Å². The summed E-state index contributed by atoms with van der Waals surface area (Å²) < 4.78 is 18.0. The Bertz CT molecular complexity index is 468. The molecular formula is C12H10ClFO2. The Morgan fingerprint density at radius 2 is 2.19 bits per heavy atom. The zero-order chi connectivity index (χ0) is 11.5. The van der Waals surface area contributed by atoms with E-state index < -0.39 is 11.9 Å². The fraction of sp³-hybridized carbons (Fsp3) is 0.167. The average Bonchev–Trinajstić information content (AvgIpc) is 2.77. The van der Waals surface area contributed by atoms with Gasteiger partial charge in [-0.1, -0.05) is 17.7 Å². The van der Waals surface area contributed by atoms with Gasteiger partial charge in [-0.3, -0.25) is 0 Å². The van der Waals surface area contributed by atoms with Crippen LogP contribution in [0, 0.1) is 5.82 Å². The van der Waals surface area contributed by atoms with Crippen molar-refractivity contribution in [1.82, 2.24) is 0 Å². The molecular weight excluding hydrogens is 231 g/mol. The second-order valence-corrected chi connectivity index (χ2v) is 3.93. The highest BCUT2D eigenvalue weighted by Crippen LogP contribution is 2.21. The molecule has 0 aliphatic carbocycles. The summed E-state index contributed by atoms with van der Waals surface area (Å²) in [7, 11) is 0. The highest BCUT2D eigenvalue weighted by molar-refractivity contribution is 6.30. The Morgan fingerprint density at radius 3 is 2.81 bits per heavy atom. The van der Waals surface area contributed by atoms with Crippen LogP contribution < -0.4 is 0 Å². The van der Waals surface area contributed by atoms with Gasteiger partial charge in [-0.25, -0.2) is 4.39 Å². The Kier molecular flexibility index (Phi) is 3.27. The second-order valence-electron chi connectivity index (χ2n) is 3.53. The molecule has 2 aromatic rings. The Labute approximate surface area is 97.3 Å². The molecule has 4 heteroatoms. The molecule has 1 heterocycles. The van der Waals surface area contributed by atoms with E-state index in [2.05, 4.69) is 0 Å². The lowest BCUT2D eigenvalue weighted by molar-refractivity contribution is 0.177. The van der Waals surface area contributed by atoms with Crippen molar-refractivity contribution in [3.05, 3.63) is 58.8 Å². The molecule has 0 bridgehead atoms. The quantitative estimate of drug-likeness (QED) is 0.893. The number of hydrogen-bond acceptors (Lipinski definition) is 2. The van der Waals surface area contributed by atoms with Crippen molar-refractivity contribution in [2.24, 2.45) is 0 Å². The minimum Gasteiger partial charge on any atom is -0.472 e. The fourth-order valence-electron chi connectivity index (χ4n) is 1.47. The predicted octanol–water partition coefficient (Wildman–Crippen LogP) is 3.35. The largest absolute Gasteiger partial charge is 0.472 e. The van der Waals surface area contributed by atoms with Crippen molar-refractivity contribution < 1.29 is 13.9 Å². The first kappa shape index (κ1) is 11.2. The molecule has 0 saturated carbocycles. The minimum atomic E-state index is -0.695.